The average Bonchev–Trinajstić information content (AvgIpc) is 3.26. The fourth-order valence-corrected chi connectivity index (χ4v) is 5.97. The Bertz CT molecular complexity index is 1990. The first-order chi connectivity index (χ1) is 15.3. The van der Waals surface area contributed by atoms with Gasteiger partial charge in [0.1, 0.15) is 0 Å². The number of hydrogen-bond donors (Lipinski definition) is 0. The standard InChI is InChI=1S/C29H18N2/c1-30-23-12-6-10-21-26-18-8-3-2-7-17(18)13-15-25(26)31-22-11-5-4-9-19(22)20-14-16-24(30)28(27(21)23)29(20)31/h2-16H,1H3. The third kappa shape index (κ3) is 1.69. The molecule has 0 saturated heterocycles. The number of nitrogens with zero attached hydrogens (tertiary/aromatic N) is 2. The van der Waals surface area contributed by atoms with Crippen molar-refractivity contribution in [2.45, 2.75) is 0 Å². The summed E-state index contributed by atoms with van der Waals surface area (Å²) in [7, 11) is 2.19. The number of para-hydroxylation sites is 1. The molecule has 2 nitrogen and oxygen atoms in total. The van der Waals surface area contributed by atoms with Gasteiger partial charge in [-0.2, -0.15) is 0 Å². The summed E-state index contributed by atoms with van der Waals surface area (Å²) < 4.78 is 4.86. The van der Waals surface area contributed by atoms with Gasteiger partial charge in [0.25, 0.3) is 0 Å². The van der Waals surface area contributed by atoms with Crippen LogP contribution in [0.15, 0.2) is 91.0 Å². The van der Waals surface area contributed by atoms with Crippen molar-refractivity contribution in [1.29, 1.82) is 0 Å². The number of aryl methyl sites for hydroxylation is 1. The van der Waals surface area contributed by atoms with Crippen LogP contribution in [0.2, 0.25) is 0 Å². The predicted octanol–water partition coefficient (Wildman–Crippen LogP) is 7.63. The highest BCUT2D eigenvalue weighted by Gasteiger charge is 2.21. The number of hydrogen-bond acceptors (Lipinski definition) is 0. The smallest absolute Gasteiger partial charge is 0.0641 e. The molecule has 144 valence electrons. The molecule has 0 saturated carbocycles. The molecule has 0 atom stereocenters. The minimum atomic E-state index is 1.27. The molecule has 0 amide bonds. The highest BCUT2D eigenvalue weighted by molar-refractivity contribution is 6.35. The average molecular weight is 394 g/mol. The summed E-state index contributed by atoms with van der Waals surface area (Å²) in [5.74, 6) is 0. The van der Waals surface area contributed by atoms with Gasteiger partial charge in [0.05, 0.1) is 22.1 Å². The van der Waals surface area contributed by atoms with E-state index in [-0.39, 0.29) is 0 Å². The van der Waals surface area contributed by atoms with Gasteiger partial charge < -0.3 is 8.97 Å². The van der Waals surface area contributed by atoms with Crippen molar-refractivity contribution in [3.05, 3.63) is 91.0 Å². The number of benzene rings is 5. The molecule has 0 aliphatic rings. The Morgan fingerprint density at radius 3 is 2.10 bits per heavy atom. The normalized spacial score (nSPS) is 12.7. The van der Waals surface area contributed by atoms with Crippen LogP contribution in [0.5, 0.6) is 0 Å². The fraction of sp³-hybridized carbons (Fsp3) is 0.0345. The molecule has 8 rings (SSSR count). The lowest BCUT2D eigenvalue weighted by atomic mass is 10.00. The van der Waals surface area contributed by atoms with E-state index in [0.29, 0.717) is 0 Å². The highest BCUT2D eigenvalue weighted by Crippen LogP contribution is 2.44. The molecule has 0 unspecified atom stereocenters. The molecule has 0 spiro atoms. The Labute approximate surface area is 177 Å². The maximum absolute atomic E-state index is 2.51. The summed E-state index contributed by atoms with van der Waals surface area (Å²) in [5.41, 5.74) is 6.44. The zero-order chi connectivity index (χ0) is 20.3. The summed E-state index contributed by atoms with van der Waals surface area (Å²) in [5, 5.41) is 10.6. The van der Waals surface area contributed by atoms with Gasteiger partial charge in [-0.05, 0) is 40.4 Å². The van der Waals surface area contributed by atoms with Crippen molar-refractivity contribution >= 4 is 70.7 Å². The Hall–Kier alpha value is -4.04. The maximum Gasteiger partial charge on any atom is 0.0641 e. The second-order valence-electron chi connectivity index (χ2n) is 8.65. The number of rotatable bonds is 0. The minimum absolute atomic E-state index is 1.27. The summed E-state index contributed by atoms with van der Waals surface area (Å²) in [6, 6.07) is 33.6. The third-order valence-electron chi connectivity index (χ3n) is 7.25. The van der Waals surface area contributed by atoms with Crippen LogP contribution in [-0.4, -0.2) is 8.97 Å². The summed E-state index contributed by atoms with van der Waals surface area (Å²) >= 11 is 0. The second kappa shape index (κ2) is 5.16. The van der Waals surface area contributed by atoms with E-state index in [0.717, 1.165) is 0 Å². The molecular weight excluding hydrogens is 376 g/mol. The molecule has 0 N–H and O–H groups in total. The maximum atomic E-state index is 2.51. The Balaban J connectivity index is 1.93. The lowest BCUT2D eigenvalue weighted by Gasteiger charge is -2.07. The molecule has 3 aromatic heterocycles. The molecule has 0 bridgehead atoms. The zero-order valence-electron chi connectivity index (χ0n) is 17.1. The van der Waals surface area contributed by atoms with E-state index in [1.54, 1.807) is 0 Å². The molecule has 8 aromatic rings. The van der Waals surface area contributed by atoms with E-state index < -0.39 is 0 Å². The van der Waals surface area contributed by atoms with Crippen LogP contribution in [-0.2, 0) is 7.05 Å². The van der Waals surface area contributed by atoms with Crippen molar-refractivity contribution in [3.8, 4) is 0 Å². The number of aromatic nitrogens is 2. The molecule has 31 heavy (non-hydrogen) atoms. The SMILES string of the molecule is Cn1c2cccc3c2c2c1ccc1c4ccccc4n(c4ccc5ccccc5c34)c12. The molecule has 2 heteroatoms. The van der Waals surface area contributed by atoms with Gasteiger partial charge in [-0.1, -0.05) is 66.7 Å². The van der Waals surface area contributed by atoms with E-state index in [2.05, 4.69) is 107 Å². The Morgan fingerprint density at radius 2 is 1.16 bits per heavy atom. The van der Waals surface area contributed by atoms with Gasteiger partial charge in [-0.25, -0.2) is 0 Å². The van der Waals surface area contributed by atoms with E-state index in [9.17, 15) is 0 Å². The summed E-state index contributed by atoms with van der Waals surface area (Å²) in [6.07, 6.45) is 0. The van der Waals surface area contributed by atoms with E-state index >= 15 is 0 Å². The van der Waals surface area contributed by atoms with Crippen molar-refractivity contribution in [3.63, 3.8) is 0 Å². The summed E-state index contributed by atoms with van der Waals surface area (Å²) in [4.78, 5) is 0. The third-order valence-corrected chi connectivity index (χ3v) is 7.25. The molecule has 0 aliphatic heterocycles. The Kier molecular flexibility index (Phi) is 2.62. The van der Waals surface area contributed by atoms with Crippen LogP contribution in [0.4, 0.5) is 0 Å². The van der Waals surface area contributed by atoms with Crippen LogP contribution < -0.4 is 0 Å². The largest absolute Gasteiger partial charge is 0.344 e. The van der Waals surface area contributed by atoms with Gasteiger partial charge in [-0.3, -0.25) is 0 Å². The van der Waals surface area contributed by atoms with Gasteiger partial charge in [0.2, 0.25) is 0 Å². The Morgan fingerprint density at radius 1 is 0.452 bits per heavy atom. The first kappa shape index (κ1) is 15.8. The van der Waals surface area contributed by atoms with Crippen molar-refractivity contribution in [1.82, 2.24) is 8.97 Å². The molecule has 0 fully saturated rings. The lowest BCUT2D eigenvalue weighted by molar-refractivity contribution is 1.01. The fourth-order valence-electron chi connectivity index (χ4n) is 5.97. The quantitative estimate of drug-likeness (QED) is 0.250. The van der Waals surface area contributed by atoms with Crippen molar-refractivity contribution in [2.75, 3.05) is 0 Å². The molecular formula is C29H18N2. The van der Waals surface area contributed by atoms with E-state index in [1.165, 1.54) is 70.7 Å². The van der Waals surface area contributed by atoms with E-state index in [1.807, 2.05) is 0 Å². The van der Waals surface area contributed by atoms with Crippen LogP contribution >= 0.6 is 0 Å². The highest BCUT2D eigenvalue weighted by atomic mass is 15.0. The zero-order valence-corrected chi connectivity index (χ0v) is 17.1. The van der Waals surface area contributed by atoms with Crippen LogP contribution in [0.3, 0.4) is 0 Å². The minimum Gasteiger partial charge on any atom is -0.344 e. The first-order valence-corrected chi connectivity index (χ1v) is 10.8. The van der Waals surface area contributed by atoms with E-state index in [4.69, 9.17) is 0 Å². The van der Waals surface area contributed by atoms with Crippen LogP contribution in [0.25, 0.3) is 70.7 Å². The summed E-state index contributed by atoms with van der Waals surface area (Å²) in [6.45, 7) is 0. The molecule has 0 aliphatic carbocycles. The van der Waals surface area contributed by atoms with Crippen molar-refractivity contribution < 1.29 is 0 Å². The first-order valence-electron chi connectivity index (χ1n) is 10.8. The lowest BCUT2D eigenvalue weighted by Crippen LogP contribution is -1.89. The molecule has 5 aromatic carbocycles. The van der Waals surface area contributed by atoms with Gasteiger partial charge in [0, 0.05) is 39.5 Å². The van der Waals surface area contributed by atoms with Crippen molar-refractivity contribution in [2.24, 2.45) is 7.05 Å². The second-order valence-corrected chi connectivity index (χ2v) is 8.65. The van der Waals surface area contributed by atoms with Crippen LogP contribution in [0, 0.1) is 0 Å². The van der Waals surface area contributed by atoms with Gasteiger partial charge in [-0.15, -0.1) is 0 Å². The van der Waals surface area contributed by atoms with Gasteiger partial charge >= 0.3 is 0 Å². The monoisotopic (exact) mass is 394 g/mol. The van der Waals surface area contributed by atoms with Gasteiger partial charge in [0.15, 0.2) is 0 Å². The topological polar surface area (TPSA) is 9.34 Å². The number of fused-ring (bicyclic) bond motifs is 8. The predicted molar refractivity (Wildman–Crippen MR) is 133 cm³/mol. The molecule has 3 heterocycles. The van der Waals surface area contributed by atoms with Crippen LogP contribution in [0.1, 0.15) is 0 Å². The molecule has 0 radical (unpaired) electrons.